The van der Waals surface area contributed by atoms with E-state index in [0.29, 0.717) is 42.6 Å². The maximum Gasteiger partial charge on any atom is 0.339 e. The Balaban J connectivity index is 1.64. The molecule has 3 rings (SSSR count). The average molecular weight is 536 g/mol. The third kappa shape index (κ3) is 5.78. The molecule has 0 saturated carbocycles. The zero-order valence-electron chi connectivity index (χ0n) is 21.2. The van der Waals surface area contributed by atoms with E-state index in [0.717, 1.165) is 12.5 Å². The van der Waals surface area contributed by atoms with E-state index in [1.807, 2.05) is 11.8 Å². The molecule has 2 heterocycles. The molecule has 1 saturated heterocycles. The molecule has 12 nitrogen and oxygen atoms in total. The number of nitrogens with one attached hydrogen (secondary N) is 1. The van der Waals surface area contributed by atoms with Crippen LogP contribution in [0.2, 0.25) is 0 Å². The van der Waals surface area contributed by atoms with E-state index in [1.54, 1.807) is 13.8 Å². The normalized spacial score (nSPS) is 14.9. The number of carboxylic acids is 1. The van der Waals surface area contributed by atoms with Crippen LogP contribution in [0.1, 0.15) is 62.7 Å². The fourth-order valence-corrected chi connectivity index (χ4v) is 5.83. The third-order valence-corrected chi connectivity index (χ3v) is 8.23. The number of carbonyl (C=O) groups excluding carboxylic acids is 2. The van der Waals surface area contributed by atoms with Crippen LogP contribution < -0.4 is 15.9 Å². The molecular weight excluding hydrogens is 502 g/mol. The van der Waals surface area contributed by atoms with Gasteiger partial charge in [0.05, 0.1) is 23.9 Å². The maximum absolute atomic E-state index is 13.1. The number of aromatic nitrogens is 1. The van der Waals surface area contributed by atoms with Crippen molar-refractivity contribution in [3.8, 4) is 5.75 Å². The molecular formula is C24H33N5O7S. The molecule has 0 atom stereocenters. The molecule has 1 aromatic heterocycles. The van der Waals surface area contributed by atoms with E-state index in [1.165, 1.54) is 21.1 Å². The first-order valence-corrected chi connectivity index (χ1v) is 13.5. The number of nitrogens with two attached hydrogens (primary N) is 1. The summed E-state index contributed by atoms with van der Waals surface area (Å²) < 4.78 is 34.1. The van der Waals surface area contributed by atoms with Gasteiger partial charge in [-0.2, -0.15) is 4.31 Å². The first kappa shape index (κ1) is 28.2. The van der Waals surface area contributed by atoms with Crippen molar-refractivity contribution in [1.29, 1.82) is 0 Å². The summed E-state index contributed by atoms with van der Waals surface area (Å²) in [5, 5.41) is 12.3. The van der Waals surface area contributed by atoms with Gasteiger partial charge in [-0.15, -0.1) is 0 Å². The highest BCUT2D eigenvalue weighted by Gasteiger charge is 2.30. The molecule has 37 heavy (non-hydrogen) atoms. The lowest BCUT2D eigenvalue weighted by molar-refractivity contribution is 0.0691. The fourth-order valence-electron chi connectivity index (χ4n) is 4.38. The Morgan fingerprint density at radius 2 is 1.86 bits per heavy atom. The number of nitrogens with zero attached hydrogens (tertiary/aromatic N) is 3. The van der Waals surface area contributed by atoms with E-state index in [2.05, 4.69) is 5.32 Å². The number of carboxylic acid groups (broad SMARTS) is 1. The molecule has 1 amide bonds. The first-order valence-electron chi connectivity index (χ1n) is 12.0. The van der Waals surface area contributed by atoms with Gasteiger partial charge in [0, 0.05) is 31.7 Å². The van der Waals surface area contributed by atoms with Gasteiger partial charge in [0.2, 0.25) is 10.0 Å². The number of aldehydes is 1. The Bertz CT molecular complexity index is 1280. The molecule has 0 radical (unpaired) electrons. The molecule has 0 bridgehead atoms. The van der Waals surface area contributed by atoms with Crippen molar-refractivity contribution in [2.45, 2.75) is 38.5 Å². The molecule has 4 N–H and O–H groups in total. The average Bonchev–Trinajstić information content (AvgIpc) is 3.11. The van der Waals surface area contributed by atoms with E-state index < -0.39 is 21.9 Å². The number of aromatic carboxylic acids is 1. The fraction of sp³-hybridized carbons (Fsp3) is 0.458. The highest BCUT2D eigenvalue weighted by atomic mass is 32.2. The van der Waals surface area contributed by atoms with E-state index >= 15 is 0 Å². The third-order valence-electron chi connectivity index (χ3n) is 6.34. The molecule has 0 aliphatic carbocycles. The highest BCUT2D eigenvalue weighted by Crippen LogP contribution is 2.26. The summed E-state index contributed by atoms with van der Waals surface area (Å²) in [7, 11) is -3.92. The molecule has 202 valence electrons. The summed E-state index contributed by atoms with van der Waals surface area (Å²) in [6.45, 7) is 6.80. The summed E-state index contributed by atoms with van der Waals surface area (Å²) in [6, 6.07) is 3.80. The van der Waals surface area contributed by atoms with Crippen molar-refractivity contribution in [1.82, 2.24) is 19.2 Å². The second-order valence-corrected chi connectivity index (χ2v) is 10.6. The number of sulfonamides is 1. The Kier molecular flexibility index (Phi) is 8.94. The van der Waals surface area contributed by atoms with Crippen LogP contribution in [0.3, 0.4) is 0 Å². The van der Waals surface area contributed by atoms with E-state index in [4.69, 9.17) is 10.6 Å². The smallest absolute Gasteiger partial charge is 0.339 e. The maximum atomic E-state index is 13.1. The van der Waals surface area contributed by atoms with Crippen LogP contribution in [-0.2, 0) is 16.4 Å². The van der Waals surface area contributed by atoms with Crippen LogP contribution in [0.4, 0.5) is 0 Å². The monoisotopic (exact) mass is 535 g/mol. The van der Waals surface area contributed by atoms with Gasteiger partial charge >= 0.3 is 5.97 Å². The van der Waals surface area contributed by atoms with Crippen LogP contribution in [0.25, 0.3) is 0 Å². The first-order chi connectivity index (χ1) is 17.6. The second-order valence-electron chi connectivity index (χ2n) is 8.65. The quantitative estimate of drug-likeness (QED) is 0.282. The predicted octanol–water partition coefficient (Wildman–Crippen LogP) is 1.07. The number of carbonyl (C=O) groups is 3. The van der Waals surface area contributed by atoms with Gasteiger partial charge in [-0.3, -0.25) is 19.2 Å². The number of hydrogen-bond acceptors (Lipinski definition) is 8. The van der Waals surface area contributed by atoms with Crippen molar-refractivity contribution < 1.29 is 32.6 Å². The summed E-state index contributed by atoms with van der Waals surface area (Å²) in [6.07, 6.45) is 2.05. The Morgan fingerprint density at radius 3 is 2.43 bits per heavy atom. The Morgan fingerprint density at radius 1 is 1.19 bits per heavy atom. The van der Waals surface area contributed by atoms with Gasteiger partial charge in [0.1, 0.15) is 17.0 Å². The molecule has 1 aliphatic heterocycles. The van der Waals surface area contributed by atoms with Gasteiger partial charge in [-0.25, -0.2) is 13.2 Å². The van der Waals surface area contributed by atoms with Crippen LogP contribution in [0.15, 0.2) is 23.1 Å². The summed E-state index contributed by atoms with van der Waals surface area (Å²) in [4.78, 5) is 37.7. The van der Waals surface area contributed by atoms with Crippen molar-refractivity contribution in [3.05, 3.63) is 46.3 Å². The minimum absolute atomic E-state index is 0.107. The minimum Gasteiger partial charge on any atom is -0.493 e. The number of amides is 1. The standard InChI is InChI=1S/C24H33N5O7S/c1-4-6-20-19(14-30)16(3)22(29(20)25)23(31)26-15-27-9-11-28(12-10-27)37(34,35)17-7-8-21(36-5-2)18(13-17)24(32)33/h7-8,13-14H,4-6,9-12,15,25H2,1-3H3,(H,26,31)(H,32,33). The summed E-state index contributed by atoms with van der Waals surface area (Å²) >= 11 is 0. The lowest BCUT2D eigenvalue weighted by atomic mass is 10.1. The predicted molar refractivity (Wildman–Crippen MR) is 136 cm³/mol. The molecule has 1 aromatic carbocycles. The number of nitrogen functional groups attached to an aromatic ring is 1. The van der Waals surface area contributed by atoms with Crippen molar-refractivity contribution in [2.24, 2.45) is 0 Å². The molecule has 0 unspecified atom stereocenters. The number of ether oxygens (including phenoxy) is 1. The lowest BCUT2D eigenvalue weighted by Gasteiger charge is -2.34. The number of benzene rings is 1. The van der Waals surface area contributed by atoms with Crippen LogP contribution in [0, 0.1) is 6.92 Å². The van der Waals surface area contributed by atoms with Gasteiger partial charge in [-0.05, 0) is 44.0 Å². The number of rotatable bonds is 11. The largest absolute Gasteiger partial charge is 0.493 e. The van der Waals surface area contributed by atoms with Crippen molar-refractivity contribution in [2.75, 3.05) is 45.3 Å². The van der Waals surface area contributed by atoms with Gasteiger partial charge < -0.3 is 21.0 Å². The topological polar surface area (TPSA) is 164 Å². The van der Waals surface area contributed by atoms with Crippen molar-refractivity contribution >= 4 is 28.2 Å². The number of piperazine rings is 1. The SMILES string of the molecule is CCCc1c(C=O)c(C)c(C(=O)NCN2CCN(S(=O)(=O)c3ccc(OCC)c(C(=O)O)c3)CC2)n1N. The van der Waals surface area contributed by atoms with Gasteiger partial charge in [0.15, 0.2) is 6.29 Å². The molecule has 2 aromatic rings. The van der Waals surface area contributed by atoms with Crippen LogP contribution in [0.5, 0.6) is 5.75 Å². The van der Waals surface area contributed by atoms with Crippen molar-refractivity contribution in [3.63, 3.8) is 0 Å². The van der Waals surface area contributed by atoms with Gasteiger partial charge in [0.25, 0.3) is 5.91 Å². The van der Waals surface area contributed by atoms with E-state index in [9.17, 15) is 27.9 Å². The Labute approximate surface area is 216 Å². The number of hydrogen-bond donors (Lipinski definition) is 3. The van der Waals surface area contributed by atoms with E-state index in [-0.39, 0.29) is 48.3 Å². The zero-order valence-corrected chi connectivity index (χ0v) is 22.0. The zero-order chi connectivity index (χ0) is 27.3. The second kappa shape index (κ2) is 11.8. The Hall–Kier alpha value is -3.42. The molecule has 0 spiro atoms. The highest BCUT2D eigenvalue weighted by molar-refractivity contribution is 7.89. The molecule has 1 aliphatic rings. The lowest BCUT2D eigenvalue weighted by Crippen LogP contribution is -2.51. The molecule has 13 heteroatoms. The van der Waals surface area contributed by atoms with Crippen LogP contribution in [-0.4, -0.2) is 85.0 Å². The van der Waals surface area contributed by atoms with Crippen LogP contribution >= 0.6 is 0 Å². The summed E-state index contributed by atoms with van der Waals surface area (Å²) in [5.41, 5.74) is 1.55. The minimum atomic E-state index is -3.92. The molecule has 1 fully saturated rings. The summed E-state index contributed by atoms with van der Waals surface area (Å²) in [5.74, 6) is 4.53. The van der Waals surface area contributed by atoms with Gasteiger partial charge in [-0.1, -0.05) is 13.3 Å².